The fourth-order valence-electron chi connectivity index (χ4n) is 2.01. The molecule has 3 rings (SSSR count). The van der Waals surface area contributed by atoms with Crippen molar-refractivity contribution in [3.05, 3.63) is 71.0 Å². The molecule has 0 radical (unpaired) electrons. The minimum atomic E-state index is -0.874. The van der Waals surface area contributed by atoms with Crippen molar-refractivity contribution in [1.82, 2.24) is 15.0 Å². The maximum Gasteiger partial charge on any atom is 0.141 e. The van der Waals surface area contributed by atoms with Gasteiger partial charge < -0.3 is 10.2 Å². The van der Waals surface area contributed by atoms with Crippen LogP contribution in [0.5, 0.6) is 5.75 Å². The number of nitrogens with zero attached hydrogens (tertiary/aromatic N) is 3. The molecule has 0 amide bonds. The predicted octanol–water partition coefficient (Wildman–Crippen LogP) is 2.71. The highest BCUT2D eigenvalue weighted by Gasteiger charge is 2.15. The molecule has 21 heavy (non-hydrogen) atoms. The molecule has 0 fully saturated rings. The van der Waals surface area contributed by atoms with E-state index >= 15 is 0 Å². The van der Waals surface area contributed by atoms with E-state index in [9.17, 15) is 10.2 Å². The Labute approximate surface area is 126 Å². The number of aliphatic hydroxyl groups excluding tert-OH is 1. The number of hydrogen-bond acceptors (Lipinski definition) is 4. The van der Waals surface area contributed by atoms with E-state index in [-0.39, 0.29) is 5.75 Å². The van der Waals surface area contributed by atoms with Gasteiger partial charge in [-0.15, -0.1) is 5.10 Å². The van der Waals surface area contributed by atoms with E-state index in [0.717, 1.165) is 5.56 Å². The van der Waals surface area contributed by atoms with Crippen LogP contribution in [0.2, 0.25) is 5.02 Å². The van der Waals surface area contributed by atoms with E-state index in [2.05, 4.69) is 10.3 Å². The van der Waals surface area contributed by atoms with Crippen LogP contribution in [0.1, 0.15) is 17.4 Å². The van der Waals surface area contributed by atoms with Crippen molar-refractivity contribution in [2.45, 2.75) is 6.10 Å². The van der Waals surface area contributed by atoms with E-state index in [1.807, 2.05) is 18.2 Å². The molecular formula is C15H12ClN3O2. The Kier molecular flexibility index (Phi) is 3.60. The maximum atomic E-state index is 10.3. The van der Waals surface area contributed by atoms with Crippen molar-refractivity contribution in [2.24, 2.45) is 0 Å². The van der Waals surface area contributed by atoms with Crippen LogP contribution in [0, 0.1) is 0 Å². The van der Waals surface area contributed by atoms with Gasteiger partial charge in [-0.25, -0.2) is 4.68 Å². The van der Waals surface area contributed by atoms with Crippen LogP contribution in [0.3, 0.4) is 0 Å². The largest absolute Gasteiger partial charge is 0.506 e. The molecule has 1 unspecified atom stereocenters. The lowest BCUT2D eigenvalue weighted by molar-refractivity contribution is 0.215. The maximum absolute atomic E-state index is 10.3. The third kappa shape index (κ3) is 2.74. The first kappa shape index (κ1) is 13.6. The highest BCUT2D eigenvalue weighted by molar-refractivity contribution is 6.30. The first-order chi connectivity index (χ1) is 10.1. The Morgan fingerprint density at radius 1 is 1.10 bits per heavy atom. The number of phenols is 1. The Balaban J connectivity index is 1.95. The number of benzene rings is 2. The third-order valence-electron chi connectivity index (χ3n) is 3.09. The Morgan fingerprint density at radius 2 is 1.86 bits per heavy atom. The molecule has 0 spiro atoms. The molecule has 6 heteroatoms. The molecule has 5 nitrogen and oxygen atoms in total. The lowest BCUT2D eigenvalue weighted by atomic mass is 10.1. The molecule has 0 saturated carbocycles. The quantitative estimate of drug-likeness (QED) is 0.780. The van der Waals surface area contributed by atoms with Crippen LogP contribution >= 0.6 is 11.6 Å². The van der Waals surface area contributed by atoms with Gasteiger partial charge in [0.25, 0.3) is 0 Å². The lowest BCUT2D eigenvalue weighted by Gasteiger charge is -2.06. The number of aromatic hydroxyl groups is 1. The Morgan fingerprint density at radius 3 is 2.62 bits per heavy atom. The van der Waals surface area contributed by atoms with Gasteiger partial charge in [-0.2, -0.15) is 0 Å². The van der Waals surface area contributed by atoms with Crippen LogP contribution < -0.4 is 0 Å². The molecule has 0 aliphatic rings. The van der Waals surface area contributed by atoms with Gasteiger partial charge in [-0.1, -0.05) is 47.1 Å². The van der Waals surface area contributed by atoms with Crippen LogP contribution in [-0.4, -0.2) is 25.2 Å². The van der Waals surface area contributed by atoms with Gasteiger partial charge in [0, 0.05) is 5.02 Å². The van der Waals surface area contributed by atoms with E-state index in [1.165, 1.54) is 10.7 Å². The van der Waals surface area contributed by atoms with Gasteiger partial charge in [0.15, 0.2) is 0 Å². The van der Waals surface area contributed by atoms with Crippen LogP contribution in [0.15, 0.2) is 54.7 Å². The summed E-state index contributed by atoms with van der Waals surface area (Å²) >= 11 is 5.91. The number of aliphatic hydroxyl groups is 1. The van der Waals surface area contributed by atoms with Crippen molar-refractivity contribution < 1.29 is 10.2 Å². The fourth-order valence-corrected chi connectivity index (χ4v) is 2.17. The van der Waals surface area contributed by atoms with E-state index in [1.54, 1.807) is 30.5 Å². The molecule has 0 aliphatic heterocycles. The summed E-state index contributed by atoms with van der Waals surface area (Å²) in [6.45, 7) is 0. The summed E-state index contributed by atoms with van der Waals surface area (Å²) < 4.78 is 1.38. The molecular weight excluding hydrogens is 290 g/mol. The average Bonchev–Trinajstić information content (AvgIpc) is 2.99. The highest BCUT2D eigenvalue weighted by Crippen LogP contribution is 2.26. The summed E-state index contributed by atoms with van der Waals surface area (Å²) in [7, 11) is 0. The summed E-state index contributed by atoms with van der Waals surface area (Å²) in [6, 6.07) is 13.8. The standard InChI is InChI=1S/C15H12ClN3O2/c16-11-6-7-14(20)13(8-11)19-9-12(17-18-19)15(21)10-4-2-1-3-5-10/h1-9,15,20-21H. The molecule has 1 atom stereocenters. The van der Waals surface area contributed by atoms with Crippen LogP contribution in [-0.2, 0) is 0 Å². The summed E-state index contributed by atoms with van der Waals surface area (Å²) in [5.74, 6) is 0.0325. The molecule has 1 aromatic heterocycles. The molecule has 3 aromatic rings. The van der Waals surface area contributed by atoms with Gasteiger partial charge in [-0.05, 0) is 23.8 Å². The molecule has 0 bridgehead atoms. The summed E-state index contributed by atoms with van der Waals surface area (Å²) in [5.41, 5.74) is 1.52. The lowest BCUT2D eigenvalue weighted by Crippen LogP contribution is -1.99. The van der Waals surface area contributed by atoms with Crippen molar-refractivity contribution in [2.75, 3.05) is 0 Å². The van der Waals surface area contributed by atoms with Gasteiger partial charge in [-0.3, -0.25) is 0 Å². The molecule has 1 heterocycles. The highest BCUT2D eigenvalue weighted by atomic mass is 35.5. The summed E-state index contributed by atoms with van der Waals surface area (Å²) in [6.07, 6.45) is 0.685. The zero-order chi connectivity index (χ0) is 14.8. The topological polar surface area (TPSA) is 71.2 Å². The average molecular weight is 302 g/mol. The number of aromatic nitrogens is 3. The van der Waals surface area contributed by atoms with E-state index < -0.39 is 6.10 Å². The second kappa shape index (κ2) is 5.55. The van der Waals surface area contributed by atoms with Crippen molar-refractivity contribution in [3.63, 3.8) is 0 Å². The summed E-state index contributed by atoms with van der Waals surface area (Å²) in [5, 5.41) is 28.5. The van der Waals surface area contributed by atoms with Crippen molar-refractivity contribution >= 4 is 11.6 Å². The Hall–Kier alpha value is -2.37. The first-order valence-electron chi connectivity index (χ1n) is 6.29. The van der Waals surface area contributed by atoms with Crippen molar-refractivity contribution in [1.29, 1.82) is 0 Å². The molecule has 2 N–H and O–H groups in total. The van der Waals surface area contributed by atoms with E-state index in [0.29, 0.717) is 16.4 Å². The number of hydrogen-bond donors (Lipinski definition) is 2. The van der Waals surface area contributed by atoms with E-state index in [4.69, 9.17) is 11.6 Å². The number of rotatable bonds is 3. The number of phenolic OH excluding ortho intramolecular Hbond substituents is 1. The SMILES string of the molecule is Oc1ccc(Cl)cc1-n1cc(C(O)c2ccccc2)nn1. The smallest absolute Gasteiger partial charge is 0.141 e. The van der Waals surface area contributed by atoms with Crippen LogP contribution in [0.25, 0.3) is 5.69 Å². The minimum Gasteiger partial charge on any atom is -0.506 e. The normalized spacial score (nSPS) is 12.3. The van der Waals surface area contributed by atoms with Gasteiger partial charge in [0.1, 0.15) is 23.2 Å². The predicted molar refractivity (Wildman–Crippen MR) is 78.5 cm³/mol. The second-order valence-corrected chi connectivity index (χ2v) is 4.97. The Bertz CT molecular complexity index is 759. The third-order valence-corrected chi connectivity index (χ3v) is 3.33. The van der Waals surface area contributed by atoms with Gasteiger partial charge in [0.05, 0.1) is 6.20 Å². The monoisotopic (exact) mass is 301 g/mol. The van der Waals surface area contributed by atoms with Gasteiger partial charge in [0.2, 0.25) is 0 Å². The molecule has 0 aliphatic carbocycles. The zero-order valence-corrected chi connectivity index (χ0v) is 11.6. The van der Waals surface area contributed by atoms with Gasteiger partial charge >= 0.3 is 0 Å². The zero-order valence-electron chi connectivity index (χ0n) is 10.9. The number of halogens is 1. The molecule has 0 saturated heterocycles. The minimum absolute atomic E-state index is 0.0325. The molecule has 2 aromatic carbocycles. The first-order valence-corrected chi connectivity index (χ1v) is 6.67. The summed E-state index contributed by atoms with van der Waals surface area (Å²) in [4.78, 5) is 0. The molecule has 106 valence electrons. The van der Waals surface area contributed by atoms with Crippen molar-refractivity contribution in [3.8, 4) is 11.4 Å². The van der Waals surface area contributed by atoms with Crippen LogP contribution in [0.4, 0.5) is 0 Å². The fraction of sp³-hybridized carbons (Fsp3) is 0.0667. The second-order valence-electron chi connectivity index (χ2n) is 4.53.